The van der Waals surface area contributed by atoms with Gasteiger partial charge in [0.1, 0.15) is 11.6 Å². The van der Waals surface area contributed by atoms with Gasteiger partial charge in [0.2, 0.25) is 23.7 Å². The number of amidine groups is 2. The first-order valence-electron chi connectivity index (χ1n) is 28.2. The molecule has 3 aromatic carbocycles. The number of aromatic nitrogens is 6. The molecule has 27 heteroatoms. The number of benzene rings is 3. The molecule has 4 aromatic heterocycles. The summed E-state index contributed by atoms with van der Waals surface area (Å²) in [7, 11) is 2.69. The smallest absolute Gasteiger partial charge is 0.481 e. The average molecular weight is 1260 g/mol. The predicted octanol–water partition coefficient (Wildman–Crippen LogP) is 5.58. The molecule has 3 aliphatic rings. The van der Waals surface area contributed by atoms with Crippen LogP contribution >= 0.6 is 15.9 Å². The Morgan fingerprint density at radius 2 is 1.17 bits per heavy atom. The van der Waals surface area contributed by atoms with Crippen molar-refractivity contribution in [3.8, 4) is 23.0 Å². The predicted molar refractivity (Wildman–Crippen MR) is 328 cm³/mol. The SMILES string of the molecule is COc1cccc(-c2cc(F)ccc2[C@H]2Cc3nc(N)nc(C)c3C(NOCCC[C@@H](O)CO)=N2)n1.COc1cccc(B2OCCN(c3ccccc3)CCO2)n1.Cc1nc(N)nc2c1C(NOCCC[C@@H](O)CO)=N[C@@H](c1ccc(F)cc1Br)C2. The molecule has 10 N–H and O–H groups in total. The minimum absolute atomic E-state index is 0.152. The largest absolute Gasteiger partial charge is 0.513 e. The number of nitrogens with zero attached hydrogens (tertiary/aromatic N) is 9. The Hall–Kier alpha value is -7.86. The summed E-state index contributed by atoms with van der Waals surface area (Å²) >= 11 is 3.40. The summed E-state index contributed by atoms with van der Waals surface area (Å²) in [5, 5.41) is 36.7. The van der Waals surface area contributed by atoms with Gasteiger partial charge in [-0.25, -0.2) is 49.6 Å². The highest BCUT2D eigenvalue weighted by Crippen LogP contribution is 2.37. The van der Waals surface area contributed by atoms with Crippen molar-refractivity contribution in [2.45, 2.75) is 76.7 Å². The third kappa shape index (κ3) is 18.1. The molecular weight excluding hydrogens is 1190 g/mol. The Morgan fingerprint density at radius 3 is 1.71 bits per heavy atom. The summed E-state index contributed by atoms with van der Waals surface area (Å²) in [4.78, 5) is 49.2. The van der Waals surface area contributed by atoms with E-state index in [1.54, 1.807) is 37.4 Å². The Balaban J connectivity index is 0.000000174. The van der Waals surface area contributed by atoms with Gasteiger partial charge < -0.3 is 55.6 Å². The molecule has 3 aliphatic heterocycles. The van der Waals surface area contributed by atoms with Crippen LogP contribution in [0.5, 0.6) is 11.8 Å². The van der Waals surface area contributed by atoms with Crippen LogP contribution in [0.25, 0.3) is 11.3 Å². The number of hydrogen-bond donors (Lipinski definition) is 8. The number of rotatable bonds is 19. The molecule has 0 bridgehead atoms. The van der Waals surface area contributed by atoms with Crippen molar-refractivity contribution in [1.82, 2.24) is 40.9 Å². The number of nitrogens with one attached hydrogen (secondary N) is 2. The highest BCUT2D eigenvalue weighted by molar-refractivity contribution is 9.10. The number of aliphatic imine (C=N–C) groups is 2. The van der Waals surface area contributed by atoms with Crippen LogP contribution < -0.4 is 42.4 Å². The van der Waals surface area contributed by atoms with Crippen molar-refractivity contribution >= 4 is 57.9 Å². The van der Waals surface area contributed by atoms with Crippen molar-refractivity contribution < 1.29 is 57.7 Å². The summed E-state index contributed by atoms with van der Waals surface area (Å²) in [5.74, 6) is 1.47. The van der Waals surface area contributed by atoms with Crippen LogP contribution in [0.4, 0.5) is 26.4 Å². The lowest BCUT2D eigenvalue weighted by atomic mass is 9.83. The van der Waals surface area contributed by atoms with Gasteiger partial charge >= 0.3 is 7.12 Å². The van der Waals surface area contributed by atoms with E-state index in [0.29, 0.717) is 120 Å². The molecular formula is C60H71BBrF2N13O10. The Bertz CT molecular complexity index is 3450. The van der Waals surface area contributed by atoms with Gasteiger partial charge in [0.25, 0.3) is 0 Å². The molecule has 0 aliphatic carbocycles. The number of aliphatic hydroxyl groups excluding tert-OH is 4. The highest BCUT2D eigenvalue weighted by atomic mass is 79.9. The monoisotopic (exact) mass is 1260 g/mol. The van der Waals surface area contributed by atoms with Crippen LogP contribution in [-0.4, -0.2) is 148 Å². The second kappa shape index (κ2) is 32.2. The summed E-state index contributed by atoms with van der Waals surface area (Å²) in [6.07, 6.45) is 1.26. The number of fused-ring (bicyclic) bond motifs is 2. The number of anilines is 3. The lowest BCUT2D eigenvalue weighted by molar-refractivity contribution is 0.0532. The maximum absolute atomic E-state index is 14.3. The van der Waals surface area contributed by atoms with Gasteiger partial charge in [0.05, 0.1) is 110 Å². The first-order valence-corrected chi connectivity index (χ1v) is 29.0. The van der Waals surface area contributed by atoms with E-state index in [1.165, 1.54) is 37.1 Å². The average Bonchev–Trinajstić information content (AvgIpc) is 3.70. The zero-order valence-electron chi connectivity index (χ0n) is 48.7. The minimum Gasteiger partial charge on any atom is -0.481 e. The molecule has 0 amide bonds. The van der Waals surface area contributed by atoms with Crippen molar-refractivity contribution in [1.29, 1.82) is 0 Å². The fourth-order valence-electron chi connectivity index (χ4n) is 9.77. The standard InChI is InChI=1S/C25H29FN6O4.C19H23BrFN5O3.C16H19BN2O3/c1-14-23-21(31-25(27)28-14)12-20(30-24(23)32-36-10-4-5-16(34)13-33)17-9-8-15(26)11-18(17)19-6-3-7-22(29-19)35-2;1-10-17-16(25-19(22)23-10)8-15(13-5-4-11(21)7-14(13)20)24-18(17)26-29-6-2-3-12(28)9-27;1-20-16-9-5-8-15(18-16)17-21-12-10-19(11-13-22-17)14-6-3-2-4-7-14/h3,6-9,11,16,20,33-34H,4-5,10,12-13H2,1-2H3,(H,30,32)(H2,27,28,31);4-5,7,12,15,27-28H,2-3,6,8-9H2,1H3,(H,24,26)(H2,22,23,25);2-9H,10-13H2,1H3/t16-,20-;12-,15-;/m11./s1. The molecule has 10 rings (SSSR count). The number of hydroxylamine groups is 2. The lowest BCUT2D eigenvalue weighted by Crippen LogP contribution is -2.45. The van der Waals surface area contributed by atoms with E-state index in [2.05, 4.69) is 73.8 Å². The van der Waals surface area contributed by atoms with E-state index in [1.807, 2.05) is 50.2 Å². The molecule has 7 heterocycles. The maximum Gasteiger partial charge on any atom is 0.513 e. The number of methoxy groups -OCH3 is 2. The first-order chi connectivity index (χ1) is 42.1. The minimum atomic E-state index is -0.786. The lowest BCUT2D eigenvalue weighted by Gasteiger charge is -2.28. The van der Waals surface area contributed by atoms with Gasteiger partial charge in [0, 0.05) is 67.0 Å². The summed E-state index contributed by atoms with van der Waals surface area (Å²) < 4.78 is 50.5. The van der Waals surface area contributed by atoms with Gasteiger partial charge in [-0.3, -0.25) is 19.7 Å². The third-order valence-corrected chi connectivity index (χ3v) is 14.7. The maximum atomic E-state index is 14.3. The van der Waals surface area contributed by atoms with Crippen LogP contribution in [0.3, 0.4) is 0 Å². The number of nitrogens with two attached hydrogens (primary N) is 2. The van der Waals surface area contributed by atoms with Crippen molar-refractivity contribution in [3.05, 3.63) is 164 Å². The van der Waals surface area contributed by atoms with Crippen LogP contribution in [0, 0.1) is 25.5 Å². The molecule has 0 unspecified atom stereocenters. The summed E-state index contributed by atoms with van der Waals surface area (Å²) in [6, 6.07) is 29.4. The number of halogens is 3. The topological polar surface area (TPSA) is 318 Å². The van der Waals surface area contributed by atoms with E-state index < -0.39 is 31.2 Å². The molecule has 460 valence electrons. The fourth-order valence-corrected chi connectivity index (χ4v) is 10.4. The first kappa shape index (κ1) is 65.1. The number of nitrogen functional groups attached to an aromatic ring is 2. The van der Waals surface area contributed by atoms with Gasteiger partial charge in [-0.1, -0.05) is 58.4 Å². The van der Waals surface area contributed by atoms with E-state index in [-0.39, 0.29) is 43.6 Å². The molecule has 23 nitrogen and oxygen atoms in total. The molecule has 4 atom stereocenters. The van der Waals surface area contributed by atoms with Crippen LogP contribution in [0.2, 0.25) is 0 Å². The molecule has 1 saturated heterocycles. The summed E-state index contributed by atoms with van der Waals surface area (Å²) in [6.45, 7) is 6.47. The zero-order valence-corrected chi connectivity index (χ0v) is 50.2. The van der Waals surface area contributed by atoms with Crippen LogP contribution in [-0.2, 0) is 31.8 Å². The number of aliphatic hydroxyl groups is 4. The van der Waals surface area contributed by atoms with Crippen molar-refractivity contribution in [3.63, 3.8) is 0 Å². The summed E-state index contributed by atoms with van der Waals surface area (Å²) in [5.41, 5.74) is 26.3. The van der Waals surface area contributed by atoms with E-state index in [4.69, 9.17) is 60.1 Å². The van der Waals surface area contributed by atoms with E-state index >= 15 is 0 Å². The number of para-hydroxylation sites is 1. The van der Waals surface area contributed by atoms with Crippen LogP contribution in [0.1, 0.15) is 82.8 Å². The van der Waals surface area contributed by atoms with Crippen molar-refractivity contribution in [2.75, 3.05) is 83.3 Å². The highest BCUT2D eigenvalue weighted by Gasteiger charge is 2.31. The van der Waals surface area contributed by atoms with Gasteiger partial charge in [-0.15, -0.1) is 0 Å². The fraction of sp³-hybridized carbons (Fsp3) is 0.367. The normalized spacial score (nSPS) is 16.2. The Kier molecular flexibility index (Phi) is 24.1. The number of ether oxygens (including phenoxy) is 2. The molecule has 0 spiro atoms. The molecule has 0 radical (unpaired) electrons. The van der Waals surface area contributed by atoms with Crippen LogP contribution in [0.15, 0.2) is 118 Å². The van der Waals surface area contributed by atoms with E-state index in [0.717, 1.165) is 41.1 Å². The number of hydrogen-bond acceptors (Lipinski definition) is 23. The van der Waals surface area contributed by atoms with E-state index in [9.17, 15) is 19.0 Å². The molecule has 0 saturated carbocycles. The third-order valence-electron chi connectivity index (χ3n) is 14.0. The van der Waals surface area contributed by atoms with Crippen molar-refractivity contribution in [2.24, 2.45) is 9.98 Å². The Morgan fingerprint density at radius 1 is 0.655 bits per heavy atom. The number of pyridine rings is 2. The molecule has 1 fully saturated rings. The Labute approximate surface area is 511 Å². The zero-order chi connectivity index (χ0) is 61.8. The second-order valence-electron chi connectivity index (χ2n) is 20.2. The van der Waals surface area contributed by atoms with Gasteiger partial charge in [0.15, 0.2) is 11.7 Å². The quantitative estimate of drug-likeness (QED) is 0.0278. The number of aryl methyl sites for hydroxylation is 2. The molecule has 7 aromatic rings. The van der Waals surface area contributed by atoms with Gasteiger partial charge in [-0.2, -0.15) is 0 Å². The molecule has 87 heavy (non-hydrogen) atoms. The van der Waals surface area contributed by atoms with Gasteiger partial charge in [-0.05, 0) is 99.2 Å². The second-order valence-corrected chi connectivity index (χ2v) is 21.0.